The Kier molecular flexibility index (Phi) is 3.59. The van der Waals surface area contributed by atoms with Gasteiger partial charge >= 0.3 is 0 Å². The summed E-state index contributed by atoms with van der Waals surface area (Å²) >= 11 is 0. The molecule has 1 unspecified atom stereocenters. The summed E-state index contributed by atoms with van der Waals surface area (Å²) in [6.07, 6.45) is 8.92. The van der Waals surface area contributed by atoms with Gasteiger partial charge in [-0.05, 0) is 50.2 Å². The van der Waals surface area contributed by atoms with Gasteiger partial charge in [-0.3, -0.25) is 4.79 Å². The molecular formula is C17H21N5O. The van der Waals surface area contributed by atoms with Gasteiger partial charge in [-0.25, -0.2) is 14.6 Å². The number of aryl methyl sites for hydroxylation is 3. The van der Waals surface area contributed by atoms with E-state index in [9.17, 15) is 4.79 Å². The van der Waals surface area contributed by atoms with Crippen molar-refractivity contribution in [3.8, 4) is 0 Å². The molecule has 0 aromatic carbocycles. The van der Waals surface area contributed by atoms with Crippen LogP contribution in [-0.4, -0.2) is 32.3 Å². The molecule has 120 valence electrons. The standard InChI is InChI=1S/C17H21N5O/c1-12-9-18-17(19-10-12)21-7-3-5-14(21)11-22-16(23)8-13-4-2-6-15(13)20-22/h8-10,14H,2-7,11H2,1H3. The Morgan fingerprint density at radius 3 is 2.87 bits per heavy atom. The van der Waals surface area contributed by atoms with Crippen LogP contribution in [-0.2, 0) is 19.4 Å². The number of nitrogens with zero attached hydrogens (tertiary/aromatic N) is 5. The van der Waals surface area contributed by atoms with Crippen LogP contribution < -0.4 is 10.5 Å². The van der Waals surface area contributed by atoms with Crippen molar-refractivity contribution in [2.75, 3.05) is 11.4 Å². The first-order chi connectivity index (χ1) is 11.2. The maximum Gasteiger partial charge on any atom is 0.267 e. The van der Waals surface area contributed by atoms with Gasteiger partial charge in [-0.2, -0.15) is 5.10 Å². The predicted molar refractivity (Wildman–Crippen MR) is 87.7 cm³/mol. The van der Waals surface area contributed by atoms with Gasteiger partial charge in [0.1, 0.15) is 0 Å². The Morgan fingerprint density at radius 2 is 2.04 bits per heavy atom. The van der Waals surface area contributed by atoms with E-state index in [0.717, 1.165) is 61.4 Å². The lowest BCUT2D eigenvalue weighted by molar-refractivity contribution is 0.480. The monoisotopic (exact) mass is 311 g/mol. The maximum atomic E-state index is 12.3. The minimum atomic E-state index is 0.0160. The summed E-state index contributed by atoms with van der Waals surface area (Å²) in [5, 5.41) is 4.60. The zero-order valence-electron chi connectivity index (χ0n) is 13.4. The van der Waals surface area contributed by atoms with Crippen LogP contribution in [0, 0.1) is 6.92 Å². The fraction of sp³-hybridized carbons (Fsp3) is 0.529. The number of hydrogen-bond acceptors (Lipinski definition) is 5. The SMILES string of the molecule is Cc1cnc(N2CCCC2Cn2nc3c(cc2=O)CCC3)nc1. The van der Waals surface area contributed by atoms with Crippen LogP contribution in [0.3, 0.4) is 0 Å². The maximum absolute atomic E-state index is 12.3. The van der Waals surface area contributed by atoms with Crippen LogP contribution in [0.25, 0.3) is 0 Å². The molecule has 0 radical (unpaired) electrons. The van der Waals surface area contributed by atoms with Crippen molar-refractivity contribution in [3.05, 3.63) is 45.6 Å². The summed E-state index contributed by atoms with van der Waals surface area (Å²) in [6.45, 7) is 3.54. The lowest BCUT2D eigenvalue weighted by Crippen LogP contribution is -2.38. The van der Waals surface area contributed by atoms with Crippen molar-refractivity contribution in [1.82, 2.24) is 19.7 Å². The highest BCUT2D eigenvalue weighted by Crippen LogP contribution is 2.23. The highest BCUT2D eigenvalue weighted by molar-refractivity contribution is 5.33. The fourth-order valence-corrected chi connectivity index (χ4v) is 3.59. The largest absolute Gasteiger partial charge is 0.336 e. The molecule has 2 aromatic rings. The molecule has 1 aliphatic heterocycles. The first-order valence-electron chi connectivity index (χ1n) is 8.36. The van der Waals surface area contributed by atoms with E-state index in [2.05, 4.69) is 20.0 Å². The van der Waals surface area contributed by atoms with Gasteiger partial charge in [-0.15, -0.1) is 0 Å². The summed E-state index contributed by atoms with van der Waals surface area (Å²) in [7, 11) is 0. The van der Waals surface area contributed by atoms with E-state index in [4.69, 9.17) is 0 Å². The molecule has 3 heterocycles. The van der Waals surface area contributed by atoms with E-state index < -0.39 is 0 Å². The second kappa shape index (κ2) is 5.76. The van der Waals surface area contributed by atoms with Crippen LogP contribution in [0.5, 0.6) is 0 Å². The summed E-state index contributed by atoms with van der Waals surface area (Å²) < 4.78 is 1.64. The Hall–Kier alpha value is -2.24. The molecule has 0 spiro atoms. The second-order valence-electron chi connectivity index (χ2n) is 6.54. The van der Waals surface area contributed by atoms with Crippen molar-refractivity contribution in [2.24, 2.45) is 0 Å². The van der Waals surface area contributed by atoms with Gasteiger partial charge in [0.05, 0.1) is 18.3 Å². The third-order valence-electron chi connectivity index (χ3n) is 4.81. The number of hydrogen-bond donors (Lipinski definition) is 0. The smallest absolute Gasteiger partial charge is 0.267 e. The molecule has 6 heteroatoms. The molecule has 1 saturated heterocycles. The summed E-state index contributed by atoms with van der Waals surface area (Å²) in [5.74, 6) is 0.757. The van der Waals surface area contributed by atoms with Crippen molar-refractivity contribution < 1.29 is 0 Å². The molecule has 0 N–H and O–H groups in total. The Bertz CT molecular complexity index is 768. The number of fused-ring (bicyclic) bond motifs is 1. The van der Waals surface area contributed by atoms with Crippen molar-refractivity contribution in [2.45, 2.75) is 51.6 Å². The minimum Gasteiger partial charge on any atom is -0.336 e. The molecular weight excluding hydrogens is 290 g/mol. The summed E-state index contributed by atoms with van der Waals surface area (Å²) in [4.78, 5) is 23.4. The molecule has 2 aliphatic rings. The van der Waals surface area contributed by atoms with E-state index in [0.29, 0.717) is 6.54 Å². The lowest BCUT2D eigenvalue weighted by Gasteiger charge is -2.24. The van der Waals surface area contributed by atoms with Crippen LogP contribution in [0.1, 0.15) is 36.1 Å². The lowest BCUT2D eigenvalue weighted by atomic mass is 10.2. The van der Waals surface area contributed by atoms with Gasteiger partial charge in [0.15, 0.2) is 0 Å². The Balaban J connectivity index is 1.58. The van der Waals surface area contributed by atoms with Gasteiger partial charge in [-0.1, -0.05) is 0 Å². The number of aromatic nitrogens is 4. The van der Waals surface area contributed by atoms with E-state index in [1.807, 2.05) is 19.3 Å². The van der Waals surface area contributed by atoms with Crippen molar-refractivity contribution in [3.63, 3.8) is 0 Å². The molecule has 23 heavy (non-hydrogen) atoms. The van der Waals surface area contributed by atoms with Crippen LogP contribution >= 0.6 is 0 Å². The molecule has 1 aliphatic carbocycles. The van der Waals surface area contributed by atoms with E-state index in [1.54, 1.807) is 10.7 Å². The van der Waals surface area contributed by atoms with Crippen LogP contribution in [0.2, 0.25) is 0 Å². The first-order valence-corrected chi connectivity index (χ1v) is 8.36. The van der Waals surface area contributed by atoms with Crippen molar-refractivity contribution >= 4 is 5.95 Å². The van der Waals surface area contributed by atoms with Crippen molar-refractivity contribution in [1.29, 1.82) is 0 Å². The second-order valence-corrected chi connectivity index (χ2v) is 6.54. The highest BCUT2D eigenvalue weighted by atomic mass is 16.1. The van der Waals surface area contributed by atoms with Gasteiger partial charge in [0.2, 0.25) is 5.95 Å². The quantitative estimate of drug-likeness (QED) is 0.859. The fourth-order valence-electron chi connectivity index (χ4n) is 3.59. The Morgan fingerprint density at radius 1 is 1.22 bits per heavy atom. The number of rotatable bonds is 3. The zero-order valence-corrected chi connectivity index (χ0v) is 13.4. The normalized spacial score (nSPS) is 20.0. The van der Waals surface area contributed by atoms with Crippen LogP contribution in [0.4, 0.5) is 5.95 Å². The molecule has 6 nitrogen and oxygen atoms in total. The molecule has 1 fully saturated rings. The Labute approximate surface area is 135 Å². The first kappa shape index (κ1) is 14.4. The number of anilines is 1. The zero-order chi connectivity index (χ0) is 15.8. The molecule has 1 atom stereocenters. The summed E-state index contributed by atoms with van der Waals surface area (Å²) in [5.41, 5.74) is 3.31. The van der Waals surface area contributed by atoms with Gasteiger partial charge in [0, 0.05) is 25.0 Å². The third kappa shape index (κ3) is 2.73. The van der Waals surface area contributed by atoms with E-state index in [-0.39, 0.29) is 11.6 Å². The van der Waals surface area contributed by atoms with E-state index >= 15 is 0 Å². The van der Waals surface area contributed by atoms with Gasteiger partial charge in [0.25, 0.3) is 5.56 Å². The molecule has 2 aromatic heterocycles. The minimum absolute atomic E-state index is 0.0160. The topological polar surface area (TPSA) is 63.9 Å². The average molecular weight is 311 g/mol. The van der Waals surface area contributed by atoms with E-state index in [1.165, 1.54) is 0 Å². The summed E-state index contributed by atoms with van der Waals surface area (Å²) in [6, 6.07) is 2.01. The molecule has 4 rings (SSSR count). The highest BCUT2D eigenvalue weighted by Gasteiger charge is 2.28. The molecule has 0 saturated carbocycles. The third-order valence-corrected chi connectivity index (χ3v) is 4.81. The molecule has 0 bridgehead atoms. The van der Waals surface area contributed by atoms with Gasteiger partial charge < -0.3 is 4.90 Å². The molecule has 0 amide bonds. The van der Waals surface area contributed by atoms with Crippen LogP contribution in [0.15, 0.2) is 23.3 Å². The average Bonchev–Trinajstić information content (AvgIpc) is 3.17. The predicted octanol–water partition coefficient (Wildman–Crippen LogP) is 1.50.